The maximum Gasteiger partial charge on any atom is 0.306 e. The molecular weight excluding hydrogens is 453 g/mol. The number of carbonyl (C=O) groups is 1. The lowest BCUT2D eigenvalue weighted by atomic mass is 9.87. The zero-order valence-corrected chi connectivity index (χ0v) is 20.3. The number of ether oxygens (including phenoxy) is 1. The van der Waals surface area contributed by atoms with E-state index in [9.17, 15) is 14.3 Å². The van der Waals surface area contributed by atoms with Crippen LogP contribution in [0, 0.1) is 12.8 Å². The fraction of sp³-hybridized carbons (Fsp3) is 0.500. The summed E-state index contributed by atoms with van der Waals surface area (Å²) in [5.41, 5.74) is 1.39. The lowest BCUT2D eigenvalue weighted by Gasteiger charge is -2.27. The summed E-state index contributed by atoms with van der Waals surface area (Å²) in [6.45, 7) is 5.06. The minimum absolute atomic E-state index is 0.141. The van der Waals surface area contributed by atoms with Crippen LogP contribution in [0.5, 0.6) is 5.75 Å². The molecule has 3 aromatic rings. The second kappa shape index (κ2) is 9.93. The van der Waals surface area contributed by atoms with Crippen LogP contribution in [0.25, 0.3) is 11.4 Å². The number of aromatic nitrogens is 6. The van der Waals surface area contributed by atoms with Crippen molar-refractivity contribution < 1.29 is 19.0 Å². The van der Waals surface area contributed by atoms with E-state index in [0.717, 1.165) is 18.5 Å². The molecule has 2 N–H and O–H groups in total. The first-order valence-electron chi connectivity index (χ1n) is 11.6. The number of hydrogen-bond donors (Lipinski definition) is 2. The molecule has 35 heavy (non-hydrogen) atoms. The van der Waals surface area contributed by atoms with Gasteiger partial charge in [-0.05, 0) is 64.7 Å². The molecule has 1 saturated carbocycles. The van der Waals surface area contributed by atoms with Crippen LogP contribution in [-0.2, 0) is 24.1 Å². The SMILES string of the molecule is Cc1nc(-c2nnn(C)c2CNc2nccc(C(C)(C)F)n2)ccc1O[C@H]1CCC[C@H](C(=O)O)C1. The van der Waals surface area contributed by atoms with Crippen molar-refractivity contribution in [1.82, 2.24) is 29.9 Å². The first-order valence-corrected chi connectivity index (χ1v) is 11.6. The molecule has 3 heterocycles. The second-order valence-corrected chi connectivity index (χ2v) is 9.32. The molecule has 0 bridgehead atoms. The average Bonchev–Trinajstić information content (AvgIpc) is 3.19. The van der Waals surface area contributed by atoms with Crippen LogP contribution in [0.4, 0.5) is 10.3 Å². The van der Waals surface area contributed by atoms with Crippen molar-refractivity contribution in [3.8, 4) is 17.1 Å². The summed E-state index contributed by atoms with van der Waals surface area (Å²) in [7, 11) is 1.78. The number of nitrogens with one attached hydrogen (secondary N) is 1. The average molecular weight is 484 g/mol. The zero-order chi connectivity index (χ0) is 25.2. The van der Waals surface area contributed by atoms with Crippen LogP contribution >= 0.6 is 0 Å². The number of aryl methyl sites for hydroxylation is 2. The normalized spacial score (nSPS) is 18.3. The van der Waals surface area contributed by atoms with Gasteiger partial charge in [-0.25, -0.2) is 24.0 Å². The molecule has 2 atom stereocenters. The third-order valence-corrected chi connectivity index (χ3v) is 6.17. The number of hydrogen-bond acceptors (Lipinski definition) is 8. The summed E-state index contributed by atoms with van der Waals surface area (Å²) in [5.74, 6) is -0.192. The van der Waals surface area contributed by atoms with Crippen LogP contribution < -0.4 is 10.1 Å². The van der Waals surface area contributed by atoms with E-state index in [0.29, 0.717) is 53.9 Å². The van der Waals surface area contributed by atoms with E-state index in [1.165, 1.54) is 20.0 Å². The minimum Gasteiger partial charge on any atom is -0.489 e. The van der Waals surface area contributed by atoms with E-state index in [1.807, 2.05) is 19.1 Å². The van der Waals surface area contributed by atoms with Crippen molar-refractivity contribution in [3.63, 3.8) is 0 Å². The molecular formula is C24H30FN7O3. The smallest absolute Gasteiger partial charge is 0.306 e. The molecule has 1 aliphatic rings. The molecule has 0 spiro atoms. The Bertz CT molecular complexity index is 1210. The number of carboxylic acids is 1. The van der Waals surface area contributed by atoms with E-state index >= 15 is 0 Å². The van der Waals surface area contributed by atoms with E-state index in [4.69, 9.17) is 4.74 Å². The van der Waals surface area contributed by atoms with Gasteiger partial charge in [0.25, 0.3) is 0 Å². The zero-order valence-electron chi connectivity index (χ0n) is 20.3. The molecule has 4 rings (SSSR count). The van der Waals surface area contributed by atoms with Crippen molar-refractivity contribution in [2.75, 3.05) is 5.32 Å². The Labute approximate surface area is 203 Å². The predicted octanol–water partition coefficient (Wildman–Crippen LogP) is 3.81. The molecule has 0 aromatic carbocycles. The van der Waals surface area contributed by atoms with Gasteiger partial charge in [-0.1, -0.05) is 5.21 Å². The lowest BCUT2D eigenvalue weighted by molar-refractivity contribution is -0.143. The number of nitrogens with zero attached hydrogens (tertiary/aromatic N) is 6. The number of anilines is 1. The number of halogens is 1. The first kappa shape index (κ1) is 24.5. The summed E-state index contributed by atoms with van der Waals surface area (Å²) in [6, 6.07) is 5.20. The van der Waals surface area contributed by atoms with Crippen molar-refractivity contribution in [2.45, 2.75) is 64.8 Å². The molecule has 1 aliphatic carbocycles. The highest BCUT2D eigenvalue weighted by Gasteiger charge is 2.28. The van der Waals surface area contributed by atoms with Crippen molar-refractivity contribution >= 4 is 11.9 Å². The molecule has 0 radical (unpaired) electrons. The summed E-state index contributed by atoms with van der Waals surface area (Å²) in [4.78, 5) is 24.4. The summed E-state index contributed by atoms with van der Waals surface area (Å²) in [6.07, 6.45) is 4.22. The Balaban J connectivity index is 1.49. The minimum atomic E-state index is -1.57. The first-order chi connectivity index (χ1) is 16.6. The maximum absolute atomic E-state index is 14.3. The van der Waals surface area contributed by atoms with Gasteiger partial charge in [0, 0.05) is 13.2 Å². The van der Waals surface area contributed by atoms with Crippen LogP contribution in [0.15, 0.2) is 24.4 Å². The number of pyridine rings is 1. The summed E-state index contributed by atoms with van der Waals surface area (Å²) in [5, 5.41) is 20.8. The third kappa shape index (κ3) is 5.72. The Morgan fingerprint density at radius 3 is 2.80 bits per heavy atom. The van der Waals surface area contributed by atoms with E-state index in [2.05, 4.69) is 30.6 Å². The van der Waals surface area contributed by atoms with E-state index < -0.39 is 11.6 Å². The lowest BCUT2D eigenvalue weighted by Crippen LogP contribution is -2.29. The highest BCUT2D eigenvalue weighted by Crippen LogP contribution is 2.30. The van der Waals surface area contributed by atoms with Crippen LogP contribution in [0.2, 0.25) is 0 Å². The van der Waals surface area contributed by atoms with Gasteiger partial charge in [-0.3, -0.25) is 4.79 Å². The highest BCUT2D eigenvalue weighted by molar-refractivity contribution is 5.70. The van der Waals surface area contributed by atoms with Gasteiger partial charge in [-0.2, -0.15) is 0 Å². The summed E-state index contributed by atoms with van der Waals surface area (Å²) < 4.78 is 22.0. The predicted molar refractivity (Wildman–Crippen MR) is 126 cm³/mol. The van der Waals surface area contributed by atoms with Crippen LogP contribution in [0.3, 0.4) is 0 Å². The molecule has 3 aromatic heterocycles. The molecule has 0 aliphatic heterocycles. The largest absolute Gasteiger partial charge is 0.489 e. The maximum atomic E-state index is 14.3. The van der Waals surface area contributed by atoms with Gasteiger partial charge in [-0.15, -0.1) is 5.10 Å². The van der Waals surface area contributed by atoms with Gasteiger partial charge >= 0.3 is 5.97 Å². The van der Waals surface area contributed by atoms with Crippen molar-refractivity contribution in [1.29, 1.82) is 0 Å². The topological polar surface area (TPSA) is 128 Å². The Kier molecular flexibility index (Phi) is 6.95. The van der Waals surface area contributed by atoms with E-state index in [-0.39, 0.29) is 12.0 Å². The molecule has 1 fully saturated rings. The van der Waals surface area contributed by atoms with Crippen LogP contribution in [-0.4, -0.2) is 47.1 Å². The molecule has 11 heteroatoms. The van der Waals surface area contributed by atoms with Crippen molar-refractivity contribution in [2.24, 2.45) is 13.0 Å². The van der Waals surface area contributed by atoms with Gasteiger partial charge in [0.15, 0.2) is 0 Å². The Hall–Kier alpha value is -3.63. The summed E-state index contributed by atoms with van der Waals surface area (Å²) >= 11 is 0. The Morgan fingerprint density at radius 2 is 2.09 bits per heavy atom. The van der Waals surface area contributed by atoms with Crippen LogP contribution in [0.1, 0.15) is 56.6 Å². The monoisotopic (exact) mass is 483 g/mol. The molecule has 0 unspecified atom stereocenters. The molecule has 0 amide bonds. The van der Waals surface area contributed by atoms with Gasteiger partial charge in [0.1, 0.15) is 17.1 Å². The number of alkyl halides is 1. The number of carboxylic acid groups (broad SMARTS) is 1. The van der Waals surface area contributed by atoms with Gasteiger partial charge in [0.05, 0.1) is 41.3 Å². The molecule has 10 nitrogen and oxygen atoms in total. The number of aliphatic carboxylic acids is 1. The van der Waals surface area contributed by atoms with Gasteiger partial charge in [0.2, 0.25) is 5.95 Å². The fourth-order valence-corrected chi connectivity index (χ4v) is 4.17. The highest BCUT2D eigenvalue weighted by atomic mass is 19.1. The Morgan fingerprint density at radius 1 is 1.29 bits per heavy atom. The quantitative estimate of drug-likeness (QED) is 0.491. The number of rotatable bonds is 8. The van der Waals surface area contributed by atoms with Gasteiger partial charge < -0.3 is 15.2 Å². The van der Waals surface area contributed by atoms with E-state index in [1.54, 1.807) is 17.8 Å². The van der Waals surface area contributed by atoms with Crippen molar-refractivity contribution in [3.05, 3.63) is 41.5 Å². The molecule has 186 valence electrons. The molecule has 0 saturated heterocycles. The third-order valence-electron chi connectivity index (χ3n) is 6.17. The fourth-order valence-electron chi connectivity index (χ4n) is 4.17. The second-order valence-electron chi connectivity index (χ2n) is 9.32. The standard InChI is InChI=1S/C24H30FN7O3/c1-14-19(35-16-7-5-6-15(12-16)22(33)34)9-8-17(28-14)21-18(32(4)31-30-21)13-27-23-26-11-10-20(29-23)24(2,3)25/h8-11,15-16H,5-7,12-13H2,1-4H3,(H,33,34)(H,26,27,29)/t15-,16-/m0/s1.